The van der Waals surface area contributed by atoms with E-state index >= 15 is 0 Å². The predicted octanol–water partition coefficient (Wildman–Crippen LogP) is 1.14. The van der Waals surface area contributed by atoms with Crippen molar-refractivity contribution in [3.8, 4) is 0 Å². The van der Waals surface area contributed by atoms with E-state index in [1.165, 1.54) is 0 Å². The molecule has 1 aliphatic rings. The quantitative estimate of drug-likeness (QED) is 0.700. The van der Waals surface area contributed by atoms with Gasteiger partial charge >= 0.3 is 0 Å². The van der Waals surface area contributed by atoms with Crippen molar-refractivity contribution in [2.45, 2.75) is 25.7 Å². The molecule has 1 aromatic rings. The van der Waals surface area contributed by atoms with Crippen LogP contribution in [0.15, 0.2) is 24.3 Å². The summed E-state index contributed by atoms with van der Waals surface area (Å²) in [5, 5.41) is 5.41. The Balaban J connectivity index is 0.00000312. The molecule has 1 aromatic carbocycles. The molecule has 0 unspecified atom stereocenters. The van der Waals surface area contributed by atoms with E-state index in [4.69, 9.17) is 5.73 Å². The van der Waals surface area contributed by atoms with Gasteiger partial charge in [0.15, 0.2) is 0 Å². The average molecular weight is 369 g/mol. The molecule has 0 radical (unpaired) electrons. The third-order valence-corrected chi connectivity index (χ3v) is 3.88. The van der Waals surface area contributed by atoms with Crippen LogP contribution in [0.1, 0.15) is 36.0 Å². The Hall–Kier alpha value is -2.12. The first-order valence-electron chi connectivity index (χ1n) is 8.26. The largest absolute Gasteiger partial charge is 0.351 e. The predicted molar refractivity (Wildman–Crippen MR) is 98.8 cm³/mol. The van der Waals surface area contributed by atoms with Crippen molar-refractivity contribution in [2.24, 2.45) is 5.73 Å². The summed E-state index contributed by atoms with van der Waals surface area (Å²) in [6.07, 6.45) is 3.29. The molecule has 0 aliphatic carbocycles. The monoisotopic (exact) mass is 368 g/mol. The molecule has 1 heterocycles. The van der Waals surface area contributed by atoms with Crippen molar-refractivity contribution in [1.29, 1.82) is 0 Å². The Kier molecular flexibility index (Phi) is 8.94. The lowest BCUT2D eigenvalue weighted by Crippen LogP contribution is -2.38. The molecule has 0 spiro atoms. The highest BCUT2D eigenvalue weighted by Crippen LogP contribution is 2.16. The normalized spacial score (nSPS) is 14.3. The zero-order valence-corrected chi connectivity index (χ0v) is 14.9. The van der Waals surface area contributed by atoms with E-state index in [1.807, 2.05) is 0 Å². The minimum Gasteiger partial charge on any atom is -0.351 e. The zero-order valence-electron chi connectivity index (χ0n) is 14.1. The highest BCUT2D eigenvalue weighted by atomic mass is 35.5. The number of halogens is 1. The molecule has 25 heavy (non-hydrogen) atoms. The van der Waals surface area contributed by atoms with Crippen molar-refractivity contribution in [1.82, 2.24) is 10.2 Å². The van der Waals surface area contributed by atoms with Crippen LogP contribution in [0.25, 0.3) is 0 Å². The van der Waals surface area contributed by atoms with E-state index in [0.717, 1.165) is 19.3 Å². The molecule has 0 atom stereocenters. The second-order valence-electron chi connectivity index (χ2n) is 5.76. The van der Waals surface area contributed by atoms with Gasteiger partial charge in [0.1, 0.15) is 0 Å². The number of nitrogens with zero attached hydrogens (tertiary/aromatic N) is 1. The van der Waals surface area contributed by atoms with Gasteiger partial charge in [-0.15, -0.1) is 12.4 Å². The molecule has 2 rings (SSSR count). The van der Waals surface area contributed by atoms with Crippen molar-refractivity contribution < 1.29 is 14.4 Å². The Morgan fingerprint density at radius 2 is 1.92 bits per heavy atom. The van der Waals surface area contributed by atoms with Crippen LogP contribution in [-0.2, 0) is 9.59 Å². The Bertz CT molecular complexity index is 609. The fourth-order valence-electron chi connectivity index (χ4n) is 2.64. The van der Waals surface area contributed by atoms with E-state index in [-0.39, 0.29) is 36.7 Å². The Morgan fingerprint density at radius 1 is 1.16 bits per heavy atom. The lowest BCUT2D eigenvalue weighted by atomic mass is 10.1. The molecule has 1 fully saturated rings. The number of carbonyl (C=O) groups is 3. The summed E-state index contributed by atoms with van der Waals surface area (Å²) in [5.74, 6) is -0.580. The second kappa shape index (κ2) is 10.7. The van der Waals surface area contributed by atoms with E-state index < -0.39 is 0 Å². The molecule has 0 saturated carbocycles. The van der Waals surface area contributed by atoms with Crippen molar-refractivity contribution in [3.05, 3.63) is 29.8 Å². The van der Waals surface area contributed by atoms with Crippen molar-refractivity contribution in [2.75, 3.05) is 31.5 Å². The first kappa shape index (κ1) is 20.9. The third kappa shape index (κ3) is 6.36. The number of rotatable bonds is 6. The molecule has 7 nitrogen and oxygen atoms in total. The van der Waals surface area contributed by atoms with Gasteiger partial charge in [-0.3, -0.25) is 14.4 Å². The van der Waals surface area contributed by atoms with E-state index in [0.29, 0.717) is 37.3 Å². The molecule has 138 valence electrons. The number of hydrogen-bond acceptors (Lipinski definition) is 4. The van der Waals surface area contributed by atoms with Crippen LogP contribution < -0.4 is 16.4 Å². The number of likely N-dealkylation sites (tertiary alicyclic amines) is 1. The van der Waals surface area contributed by atoms with E-state index in [9.17, 15) is 14.4 Å². The number of amides is 3. The van der Waals surface area contributed by atoms with Gasteiger partial charge < -0.3 is 21.3 Å². The molecule has 3 amide bonds. The minimum atomic E-state index is -0.302. The highest BCUT2D eigenvalue weighted by molar-refractivity contribution is 6.04. The SMILES string of the molecule is Cl.NCCNC(=O)c1ccccc1NC(=O)CN1CCCCCC1=O. The third-order valence-electron chi connectivity index (χ3n) is 3.88. The van der Waals surface area contributed by atoms with Crippen LogP contribution in [0.4, 0.5) is 5.69 Å². The van der Waals surface area contributed by atoms with E-state index in [2.05, 4.69) is 10.6 Å². The maximum atomic E-state index is 12.3. The summed E-state index contributed by atoms with van der Waals surface area (Å²) in [6.45, 7) is 1.32. The van der Waals surface area contributed by atoms with Gasteiger partial charge in [0.05, 0.1) is 17.8 Å². The fourth-order valence-corrected chi connectivity index (χ4v) is 2.64. The van der Waals surface area contributed by atoms with Gasteiger partial charge in [-0.2, -0.15) is 0 Å². The maximum Gasteiger partial charge on any atom is 0.253 e. The second-order valence-corrected chi connectivity index (χ2v) is 5.76. The van der Waals surface area contributed by atoms with Crippen LogP contribution in [0.3, 0.4) is 0 Å². The molecule has 8 heteroatoms. The molecular formula is C17H25ClN4O3. The van der Waals surface area contributed by atoms with Crippen LogP contribution >= 0.6 is 12.4 Å². The molecule has 4 N–H and O–H groups in total. The molecule has 0 bridgehead atoms. The summed E-state index contributed by atoms with van der Waals surface area (Å²) in [6, 6.07) is 6.77. The fraction of sp³-hybridized carbons (Fsp3) is 0.471. The van der Waals surface area contributed by atoms with Gasteiger partial charge in [-0.25, -0.2) is 0 Å². The van der Waals surface area contributed by atoms with Crippen LogP contribution in [0.2, 0.25) is 0 Å². The van der Waals surface area contributed by atoms with Crippen LogP contribution in [0, 0.1) is 0 Å². The smallest absolute Gasteiger partial charge is 0.253 e. The molecular weight excluding hydrogens is 344 g/mol. The Morgan fingerprint density at radius 3 is 2.68 bits per heavy atom. The van der Waals surface area contributed by atoms with Gasteiger partial charge in [0.2, 0.25) is 11.8 Å². The number of carbonyl (C=O) groups excluding carboxylic acids is 3. The lowest BCUT2D eigenvalue weighted by Gasteiger charge is -2.20. The summed E-state index contributed by atoms with van der Waals surface area (Å²) in [4.78, 5) is 37.9. The number of benzene rings is 1. The maximum absolute atomic E-state index is 12.3. The number of hydrogen-bond donors (Lipinski definition) is 3. The van der Waals surface area contributed by atoms with Crippen LogP contribution in [-0.4, -0.2) is 48.8 Å². The molecule has 0 aromatic heterocycles. The zero-order chi connectivity index (χ0) is 17.4. The first-order valence-corrected chi connectivity index (χ1v) is 8.26. The van der Waals surface area contributed by atoms with E-state index in [1.54, 1.807) is 29.2 Å². The van der Waals surface area contributed by atoms with Gasteiger partial charge in [-0.05, 0) is 25.0 Å². The summed E-state index contributed by atoms with van der Waals surface area (Å²) < 4.78 is 0. The summed E-state index contributed by atoms with van der Waals surface area (Å²) in [7, 11) is 0. The highest BCUT2D eigenvalue weighted by Gasteiger charge is 2.20. The van der Waals surface area contributed by atoms with Crippen molar-refractivity contribution in [3.63, 3.8) is 0 Å². The lowest BCUT2D eigenvalue weighted by molar-refractivity contribution is -0.134. The van der Waals surface area contributed by atoms with Gasteiger partial charge in [0.25, 0.3) is 5.91 Å². The number of para-hydroxylation sites is 1. The topological polar surface area (TPSA) is 105 Å². The van der Waals surface area contributed by atoms with Crippen molar-refractivity contribution >= 4 is 35.8 Å². The summed E-state index contributed by atoms with van der Waals surface area (Å²) >= 11 is 0. The number of nitrogens with one attached hydrogen (secondary N) is 2. The number of nitrogens with two attached hydrogens (primary N) is 1. The average Bonchev–Trinajstić information content (AvgIpc) is 2.78. The van der Waals surface area contributed by atoms with Gasteiger partial charge in [0, 0.05) is 26.1 Å². The number of anilines is 1. The minimum absolute atomic E-state index is 0. The molecule has 1 saturated heterocycles. The Labute approximate surface area is 153 Å². The summed E-state index contributed by atoms with van der Waals surface area (Å²) in [5.41, 5.74) is 6.19. The molecule has 1 aliphatic heterocycles. The first-order chi connectivity index (χ1) is 11.6. The van der Waals surface area contributed by atoms with Crippen LogP contribution in [0.5, 0.6) is 0 Å². The standard InChI is InChI=1S/C17H24N4O3.ClH/c18-9-10-19-17(24)13-6-3-4-7-14(13)20-15(22)12-21-11-5-1-2-8-16(21)23;/h3-4,6-7H,1-2,5,8-12,18H2,(H,19,24)(H,20,22);1H. The van der Waals surface area contributed by atoms with Gasteiger partial charge in [-0.1, -0.05) is 18.6 Å².